The summed E-state index contributed by atoms with van der Waals surface area (Å²) in [5, 5.41) is 4.85. The highest BCUT2D eigenvalue weighted by Gasteiger charge is 2.12. The van der Waals surface area contributed by atoms with Crippen LogP contribution in [-0.2, 0) is 22.4 Å². The summed E-state index contributed by atoms with van der Waals surface area (Å²) < 4.78 is 26.8. The molecule has 0 saturated heterocycles. The Morgan fingerprint density at radius 2 is 1.08 bits per heavy atom. The van der Waals surface area contributed by atoms with Gasteiger partial charge in [0.2, 0.25) is 0 Å². The van der Waals surface area contributed by atoms with Crippen LogP contribution in [-0.4, -0.2) is 24.9 Å². The molecule has 2 aromatic carbocycles. The molecule has 0 atom stereocenters. The molecule has 0 aliphatic heterocycles. The number of rotatable bonds is 6. The summed E-state index contributed by atoms with van der Waals surface area (Å²) in [4.78, 5) is 23.3. The molecule has 0 heterocycles. The van der Waals surface area contributed by atoms with Gasteiger partial charge in [0.1, 0.15) is 11.6 Å². The van der Waals surface area contributed by atoms with Gasteiger partial charge in [0.05, 0.1) is 0 Å². The number of hydrogen-bond donors (Lipinski definition) is 2. The molecule has 0 aliphatic rings. The van der Waals surface area contributed by atoms with E-state index in [0.29, 0.717) is 24.0 Å². The van der Waals surface area contributed by atoms with Crippen molar-refractivity contribution in [3.8, 4) is 0 Å². The van der Waals surface area contributed by atoms with Gasteiger partial charge in [0.25, 0.3) is 0 Å². The van der Waals surface area contributed by atoms with Crippen molar-refractivity contribution in [2.45, 2.75) is 12.8 Å². The summed E-state index contributed by atoms with van der Waals surface area (Å²) in [5.74, 6) is -2.28. The van der Waals surface area contributed by atoms with Crippen LogP contribution in [0.5, 0.6) is 0 Å². The standard InChI is InChI=1S/C18H18F2N2O2/c19-15-7-3-1-5-13(15)9-11-21-17(23)18(24)22-12-10-14-6-2-4-8-16(14)20/h1-8H,9-12H2,(H,21,23)(H,22,24). The Morgan fingerprint density at radius 3 is 1.46 bits per heavy atom. The van der Waals surface area contributed by atoms with Gasteiger partial charge in [0.15, 0.2) is 0 Å². The predicted octanol–water partition coefficient (Wildman–Crippen LogP) is 1.98. The molecule has 4 nitrogen and oxygen atoms in total. The molecule has 2 N–H and O–H groups in total. The molecule has 24 heavy (non-hydrogen) atoms. The van der Waals surface area contributed by atoms with Crippen LogP contribution in [0.2, 0.25) is 0 Å². The van der Waals surface area contributed by atoms with E-state index in [0.717, 1.165) is 0 Å². The zero-order valence-corrected chi connectivity index (χ0v) is 13.0. The SMILES string of the molecule is O=C(NCCc1ccccc1F)C(=O)NCCc1ccccc1F. The Bertz CT molecular complexity index is 658. The molecule has 126 valence electrons. The molecule has 0 radical (unpaired) electrons. The van der Waals surface area contributed by atoms with Crippen LogP contribution in [0.3, 0.4) is 0 Å². The Morgan fingerprint density at radius 1 is 0.708 bits per heavy atom. The van der Waals surface area contributed by atoms with E-state index < -0.39 is 11.8 Å². The van der Waals surface area contributed by atoms with Crippen LogP contribution in [0.1, 0.15) is 11.1 Å². The first kappa shape index (κ1) is 17.6. The second-order valence-corrected chi connectivity index (χ2v) is 5.19. The average molecular weight is 332 g/mol. The van der Waals surface area contributed by atoms with E-state index >= 15 is 0 Å². The molecule has 0 unspecified atom stereocenters. The van der Waals surface area contributed by atoms with Crippen LogP contribution in [0.4, 0.5) is 8.78 Å². The smallest absolute Gasteiger partial charge is 0.309 e. The fraction of sp³-hybridized carbons (Fsp3) is 0.222. The van der Waals surface area contributed by atoms with Gasteiger partial charge in [-0.3, -0.25) is 9.59 Å². The average Bonchev–Trinajstić information content (AvgIpc) is 2.58. The molecule has 0 fully saturated rings. The topological polar surface area (TPSA) is 58.2 Å². The number of hydrogen-bond acceptors (Lipinski definition) is 2. The Hall–Kier alpha value is -2.76. The maximum Gasteiger partial charge on any atom is 0.309 e. The first-order valence-corrected chi connectivity index (χ1v) is 7.61. The number of carbonyl (C=O) groups is 2. The van der Waals surface area contributed by atoms with Gasteiger partial charge in [-0.15, -0.1) is 0 Å². The number of halogens is 2. The molecule has 0 bridgehead atoms. The fourth-order valence-electron chi connectivity index (χ4n) is 2.18. The molecular formula is C18H18F2N2O2. The van der Waals surface area contributed by atoms with Gasteiger partial charge in [0, 0.05) is 13.1 Å². The highest BCUT2D eigenvalue weighted by atomic mass is 19.1. The summed E-state index contributed by atoms with van der Waals surface area (Å²) in [7, 11) is 0. The lowest BCUT2D eigenvalue weighted by atomic mass is 10.1. The van der Waals surface area contributed by atoms with Crippen molar-refractivity contribution in [2.24, 2.45) is 0 Å². The third-order valence-corrected chi connectivity index (χ3v) is 3.48. The van der Waals surface area contributed by atoms with E-state index in [1.54, 1.807) is 36.4 Å². The normalized spacial score (nSPS) is 10.2. The van der Waals surface area contributed by atoms with Crippen molar-refractivity contribution in [3.63, 3.8) is 0 Å². The van der Waals surface area contributed by atoms with E-state index in [-0.39, 0.29) is 24.7 Å². The summed E-state index contributed by atoms with van der Waals surface area (Å²) in [6.45, 7) is 0.307. The van der Waals surface area contributed by atoms with Gasteiger partial charge in [-0.2, -0.15) is 0 Å². The van der Waals surface area contributed by atoms with Crippen molar-refractivity contribution in [2.75, 3.05) is 13.1 Å². The second-order valence-electron chi connectivity index (χ2n) is 5.19. The van der Waals surface area contributed by atoms with E-state index in [2.05, 4.69) is 10.6 Å². The van der Waals surface area contributed by atoms with Crippen LogP contribution >= 0.6 is 0 Å². The number of amides is 2. The lowest BCUT2D eigenvalue weighted by Crippen LogP contribution is -2.41. The molecule has 2 amide bonds. The maximum absolute atomic E-state index is 13.4. The molecule has 0 saturated carbocycles. The lowest BCUT2D eigenvalue weighted by Gasteiger charge is -2.07. The summed E-state index contributed by atoms with van der Waals surface area (Å²) in [6, 6.07) is 12.5. The van der Waals surface area contributed by atoms with E-state index in [9.17, 15) is 18.4 Å². The molecule has 0 spiro atoms. The highest BCUT2D eigenvalue weighted by Crippen LogP contribution is 2.07. The van der Waals surface area contributed by atoms with Gasteiger partial charge in [-0.1, -0.05) is 36.4 Å². The summed E-state index contributed by atoms with van der Waals surface area (Å²) in [5.41, 5.74) is 0.940. The second kappa shape index (κ2) is 8.76. The van der Waals surface area contributed by atoms with Crippen molar-refractivity contribution in [3.05, 3.63) is 71.3 Å². The molecule has 0 aromatic heterocycles. The van der Waals surface area contributed by atoms with Gasteiger partial charge < -0.3 is 10.6 Å². The largest absolute Gasteiger partial charge is 0.348 e. The van der Waals surface area contributed by atoms with E-state index in [1.165, 1.54) is 12.1 Å². The first-order valence-electron chi connectivity index (χ1n) is 7.61. The fourth-order valence-corrected chi connectivity index (χ4v) is 2.18. The van der Waals surface area contributed by atoms with Gasteiger partial charge >= 0.3 is 11.8 Å². The quantitative estimate of drug-likeness (QED) is 0.795. The van der Waals surface area contributed by atoms with Crippen molar-refractivity contribution >= 4 is 11.8 Å². The predicted molar refractivity (Wildman–Crippen MR) is 86.2 cm³/mol. The van der Waals surface area contributed by atoms with E-state index in [1.807, 2.05) is 0 Å². The first-order chi connectivity index (χ1) is 11.6. The number of nitrogens with one attached hydrogen (secondary N) is 2. The monoisotopic (exact) mass is 332 g/mol. The third-order valence-electron chi connectivity index (χ3n) is 3.48. The third kappa shape index (κ3) is 5.15. The summed E-state index contributed by atoms with van der Waals surface area (Å²) >= 11 is 0. The molecular weight excluding hydrogens is 314 g/mol. The zero-order chi connectivity index (χ0) is 17.4. The number of carbonyl (C=O) groups excluding carboxylic acids is 2. The molecule has 2 rings (SSSR count). The Balaban J connectivity index is 1.70. The van der Waals surface area contributed by atoms with Crippen molar-refractivity contribution in [1.82, 2.24) is 10.6 Å². The highest BCUT2D eigenvalue weighted by molar-refractivity contribution is 6.35. The van der Waals surface area contributed by atoms with Crippen LogP contribution in [0, 0.1) is 11.6 Å². The Kier molecular flexibility index (Phi) is 6.42. The maximum atomic E-state index is 13.4. The van der Waals surface area contributed by atoms with Crippen LogP contribution in [0.25, 0.3) is 0 Å². The minimum absolute atomic E-state index is 0.153. The minimum atomic E-state index is -0.792. The van der Waals surface area contributed by atoms with Crippen LogP contribution < -0.4 is 10.6 Å². The minimum Gasteiger partial charge on any atom is -0.348 e. The van der Waals surface area contributed by atoms with Crippen molar-refractivity contribution < 1.29 is 18.4 Å². The number of benzene rings is 2. The lowest BCUT2D eigenvalue weighted by molar-refractivity contribution is -0.139. The molecule has 0 aliphatic carbocycles. The molecule has 2 aromatic rings. The molecule has 6 heteroatoms. The summed E-state index contributed by atoms with van der Waals surface area (Å²) in [6.07, 6.45) is 0.585. The van der Waals surface area contributed by atoms with Crippen molar-refractivity contribution in [1.29, 1.82) is 0 Å². The van der Waals surface area contributed by atoms with Gasteiger partial charge in [-0.05, 0) is 36.1 Å². The zero-order valence-electron chi connectivity index (χ0n) is 13.0. The Labute approximate surface area is 138 Å². The van der Waals surface area contributed by atoms with E-state index in [4.69, 9.17) is 0 Å². The van der Waals surface area contributed by atoms with Gasteiger partial charge in [-0.25, -0.2) is 8.78 Å². The van der Waals surface area contributed by atoms with Crippen LogP contribution in [0.15, 0.2) is 48.5 Å².